The molecule has 0 aromatic carbocycles. The maximum absolute atomic E-state index is 11.2. The fourth-order valence-electron chi connectivity index (χ4n) is 1.62. The molecule has 0 radical (unpaired) electrons. The Balaban J connectivity index is 1.97. The number of primary amides is 1. The highest BCUT2D eigenvalue weighted by Crippen LogP contribution is 2.10. The van der Waals surface area contributed by atoms with Crippen LogP contribution in [0.5, 0.6) is 0 Å². The largest absolute Gasteiger partial charge is 0.369 e. The van der Waals surface area contributed by atoms with E-state index in [1.165, 1.54) is 0 Å². The average molecular weight is 242 g/mol. The topological polar surface area (TPSA) is 80.9 Å². The lowest BCUT2D eigenvalue weighted by molar-refractivity contribution is 0.100. The lowest BCUT2D eigenvalue weighted by Crippen LogP contribution is -2.16. The minimum absolute atomic E-state index is 0.406. The van der Waals surface area contributed by atoms with Gasteiger partial charge in [-0.25, -0.2) is 4.98 Å². The summed E-state index contributed by atoms with van der Waals surface area (Å²) in [5, 5.41) is 3.10. The predicted octanol–water partition coefficient (Wildman–Crippen LogP) is 1.23. The normalized spacial score (nSPS) is 10.0. The van der Waals surface area contributed by atoms with Gasteiger partial charge in [0.15, 0.2) is 0 Å². The molecule has 2 aromatic rings. The van der Waals surface area contributed by atoms with E-state index in [0.29, 0.717) is 17.9 Å². The number of carbonyl (C=O) groups is 1. The Morgan fingerprint density at radius 2 is 2.11 bits per heavy atom. The van der Waals surface area contributed by atoms with Gasteiger partial charge in [-0.15, -0.1) is 0 Å². The van der Waals surface area contributed by atoms with Crippen LogP contribution in [0.1, 0.15) is 15.9 Å². The van der Waals surface area contributed by atoms with Crippen molar-refractivity contribution in [1.29, 1.82) is 0 Å². The average Bonchev–Trinajstić information content (AvgIpc) is 2.40. The van der Waals surface area contributed by atoms with Crippen LogP contribution in [-0.2, 0) is 6.42 Å². The van der Waals surface area contributed by atoms with Crippen molar-refractivity contribution in [2.75, 3.05) is 11.9 Å². The van der Waals surface area contributed by atoms with Crippen LogP contribution in [0.25, 0.3) is 0 Å². The van der Waals surface area contributed by atoms with Crippen molar-refractivity contribution in [3.8, 4) is 0 Å². The molecule has 0 aliphatic heterocycles. The molecule has 0 atom stereocenters. The van der Waals surface area contributed by atoms with Gasteiger partial charge in [-0.2, -0.15) is 0 Å². The van der Waals surface area contributed by atoms with Crippen molar-refractivity contribution in [1.82, 2.24) is 9.97 Å². The van der Waals surface area contributed by atoms with Gasteiger partial charge in [0, 0.05) is 25.1 Å². The molecule has 0 saturated carbocycles. The summed E-state index contributed by atoms with van der Waals surface area (Å²) in [4.78, 5) is 19.3. The van der Waals surface area contributed by atoms with Crippen LogP contribution in [0, 0.1) is 0 Å². The van der Waals surface area contributed by atoms with Crippen LogP contribution in [0.15, 0.2) is 42.9 Å². The van der Waals surface area contributed by atoms with E-state index in [-0.39, 0.29) is 0 Å². The molecule has 18 heavy (non-hydrogen) atoms. The van der Waals surface area contributed by atoms with Gasteiger partial charge in [-0.05, 0) is 30.2 Å². The van der Waals surface area contributed by atoms with Crippen molar-refractivity contribution in [2.24, 2.45) is 5.73 Å². The number of hydrogen-bond donors (Lipinski definition) is 2. The van der Waals surface area contributed by atoms with Crippen molar-refractivity contribution >= 4 is 11.7 Å². The molecular weight excluding hydrogens is 228 g/mol. The van der Waals surface area contributed by atoms with Gasteiger partial charge in [-0.3, -0.25) is 9.78 Å². The third-order valence-corrected chi connectivity index (χ3v) is 2.50. The molecule has 92 valence electrons. The van der Waals surface area contributed by atoms with Crippen LogP contribution in [0.3, 0.4) is 0 Å². The van der Waals surface area contributed by atoms with E-state index in [2.05, 4.69) is 15.3 Å². The Bertz CT molecular complexity index is 528. The Labute approximate surface area is 105 Å². The highest BCUT2D eigenvalue weighted by molar-refractivity contribution is 5.97. The minimum Gasteiger partial charge on any atom is -0.369 e. The first kappa shape index (κ1) is 12.0. The van der Waals surface area contributed by atoms with Crippen LogP contribution in [0.2, 0.25) is 0 Å². The fraction of sp³-hybridized carbons (Fsp3) is 0.154. The van der Waals surface area contributed by atoms with E-state index in [9.17, 15) is 4.79 Å². The van der Waals surface area contributed by atoms with E-state index >= 15 is 0 Å². The molecule has 0 fully saturated rings. The van der Waals surface area contributed by atoms with Gasteiger partial charge in [0.1, 0.15) is 5.82 Å². The smallest absolute Gasteiger partial charge is 0.252 e. The van der Waals surface area contributed by atoms with E-state index in [0.717, 1.165) is 12.0 Å². The van der Waals surface area contributed by atoms with Crippen LogP contribution in [-0.4, -0.2) is 22.4 Å². The molecule has 2 aromatic heterocycles. The molecule has 5 nitrogen and oxygen atoms in total. The van der Waals surface area contributed by atoms with Crippen LogP contribution < -0.4 is 11.1 Å². The molecule has 0 bridgehead atoms. The lowest BCUT2D eigenvalue weighted by Gasteiger charge is -2.08. The first-order chi connectivity index (χ1) is 8.77. The van der Waals surface area contributed by atoms with Crippen LogP contribution >= 0.6 is 0 Å². The summed E-state index contributed by atoms with van der Waals surface area (Å²) >= 11 is 0. The van der Waals surface area contributed by atoms with Gasteiger partial charge in [0.05, 0.1) is 5.56 Å². The molecule has 3 N–H and O–H groups in total. The molecule has 0 aliphatic rings. The number of nitrogens with two attached hydrogens (primary N) is 1. The van der Waals surface area contributed by atoms with Crippen LogP contribution in [0.4, 0.5) is 5.82 Å². The highest BCUT2D eigenvalue weighted by Gasteiger charge is 2.07. The number of anilines is 1. The maximum Gasteiger partial charge on any atom is 0.252 e. The molecule has 2 heterocycles. The van der Waals surface area contributed by atoms with Crippen molar-refractivity contribution in [3.05, 3.63) is 54.0 Å². The van der Waals surface area contributed by atoms with Crippen molar-refractivity contribution in [2.45, 2.75) is 6.42 Å². The minimum atomic E-state index is -0.480. The number of carbonyl (C=O) groups excluding carboxylic acids is 1. The summed E-state index contributed by atoms with van der Waals surface area (Å²) < 4.78 is 0. The molecule has 0 saturated heterocycles. The van der Waals surface area contributed by atoms with E-state index in [1.807, 2.05) is 18.3 Å². The summed E-state index contributed by atoms with van der Waals surface area (Å²) in [5.41, 5.74) is 6.80. The Kier molecular flexibility index (Phi) is 3.86. The van der Waals surface area contributed by atoms with E-state index in [1.54, 1.807) is 24.5 Å². The fourth-order valence-corrected chi connectivity index (χ4v) is 1.62. The molecular formula is C13H14N4O. The zero-order valence-corrected chi connectivity index (χ0v) is 9.84. The molecule has 5 heteroatoms. The summed E-state index contributed by atoms with van der Waals surface area (Å²) in [7, 11) is 0. The number of aromatic nitrogens is 2. The third kappa shape index (κ3) is 3.04. The first-order valence-electron chi connectivity index (χ1n) is 5.65. The third-order valence-electron chi connectivity index (χ3n) is 2.50. The number of hydrogen-bond acceptors (Lipinski definition) is 4. The molecule has 2 rings (SSSR count). The standard InChI is InChI=1S/C13H14N4O/c14-12(18)11-4-2-7-16-13(11)17-8-5-10-3-1-6-15-9-10/h1-4,6-7,9H,5,8H2,(H2,14,18)(H,16,17). The molecule has 1 amide bonds. The number of pyridine rings is 2. The number of nitrogens with one attached hydrogen (secondary N) is 1. The second kappa shape index (κ2) is 5.77. The van der Waals surface area contributed by atoms with Gasteiger partial charge < -0.3 is 11.1 Å². The summed E-state index contributed by atoms with van der Waals surface area (Å²) in [6, 6.07) is 7.24. The van der Waals surface area contributed by atoms with Gasteiger partial charge in [0.2, 0.25) is 0 Å². The maximum atomic E-state index is 11.2. The SMILES string of the molecule is NC(=O)c1cccnc1NCCc1cccnc1. The predicted molar refractivity (Wildman–Crippen MR) is 69.2 cm³/mol. The second-order valence-electron chi connectivity index (χ2n) is 3.80. The molecule has 0 aliphatic carbocycles. The summed E-state index contributed by atoms with van der Waals surface area (Å²) in [5.74, 6) is 0.0425. The van der Waals surface area contributed by atoms with Gasteiger partial charge in [-0.1, -0.05) is 6.07 Å². The Morgan fingerprint density at radius 3 is 2.83 bits per heavy atom. The molecule has 0 unspecified atom stereocenters. The van der Waals surface area contributed by atoms with Crippen molar-refractivity contribution in [3.63, 3.8) is 0 Å². The highest BCUT2D eigenvalue weighted by atomic mass is 16.1. The Morgan fingerprint density at radius 1 is 1.28 bits per heavy atom. The van der Waals surface area contributed by atoms with Crippen molar-refractivity contribution < 1.29 is 4.79 Å². The molecule has 0 spiro atoms. The first-order valence-corrected chi connectivity index (χ1v) is 5.65. The van der Waals surface area contributed by atoms with E-state index in [4.69, 9.17) is 5.73 Å². The number of amides is 1. The Hall–Kier alpha value is -2.43. The van der Waals surface area contributed by atoms with E-state index < -0.39 is 5.91 Å². The second-order valence-corrected chi connectivity index (χ2v) is 3.80. The van der Waals surface area contributed by atoms with Gasteiger partial charge >= 0.3 is 0 Å². The lowest BCUT2D eigenvalue weighted by atomic mass is 10.2. The summed E-state index contributed by atoms with van der Waals surface area (Å²) in [6.45, 7) is 0.670. The zero-order valence-electron chi connectivity index (χ0n) is 9.84. The quantitative estimate of drug-likeness (QED) is 0.826. The number of nitrogens with zero attached hydrogens (tertiary/aromatic N) is 2. The number of rotatable bonds is 5. The monoisotopic (exact) mass is 242 g/mol. The van der Waals surface area contributed by atoms with Gasteiger partial charge in [0.25, 0.3) is 5.91 Å². The zero-order chi connectivity index (χ0) is 12.8. The summed E-state index contributed by atoms with van der Waals surface area (Å²) in [6.07, 6.45) is 5.98.